The van der Waals surface area contributed by atoms with Gasteiger partial charge in [0.1, 0.15) is 0 Å². The van der Waals surface area contributed by atoms with E-state index >= 15 is 0 Å². The largest absolute Gasteiger partial charge is 0.478 e. The van der Waals surface area contributed by atoms with Crippen molar-refractivity contribution in [3.8, 4) is 0 Å². The highest BCUT2D eigenvalue weighted by Crippen LogP contribution is 2.26. The lowest BCUT2D eigenvalue weighted by molar-refractivity contribution is -0.154. The van der Waals surface area contributed by atoms with Gasteiger partial charge < -0.3 is 25.0 Å². The number of hydrogen-bond acceptors (Lipinski definition) is 9. The Balaban J connectivity index is 4.21. The monoisotopic (exact) mass is 432 g/mol. The highest BCUT2D eigenvalue weighted by molar-refractivity contribution is 5.87. The van der Waals surface area contributed by atoms with E-state index in [4.69, 9.17) is 19.9 Å². The van der Waals surface area contributed by atoms with Crippen molar-refractivity contribution in [2.45, 2.75) is 66.4 Å². The van der Waals surface area contributed by atoms with Gasteiger partial charge in [0.05, 0.1) is 25.6 Å². The highest BCUT2D eigenvalue weighted by Gasteiger charge is 2.23. The molecule has 0 radical (unpaired) electrons. The third-order valence-corrected chi connectivity index (χ3v) is 4.65. The zero-order valence-corrected chi connectivity index (χ0v) is 18.5. The Labute approximate surface area is 177 Å². The van der Waals surface area contributed by atoms with Crippen molar-refractivity contribution in [3.63, 3.8) is 0 Å². The lowest BCUT2D eigenvalue weighted by Gasteiger charge is -2.28. The molecule has 0 aromatic carbocycles. The van der Waals surface area contributed by atoms with Gasteiger partial charge in [-0.3, -0.25) is 9.59 Å². The number of carbonyl (C=O) groups excluding carboxylic acids is 2. The topological polar surface area (TPSA) is 154 Å². The van der Waals surface area contributed by atoms with E-state index < -0.39 is 24.0 Å². The Morgan fingerprint density at radius 3 is 2.23 bits per heavy atom. The van der Waals surface area contributed by atoms with Crippen LogP contribution < -0.4 is 11.0 Å². The molecule has 2 unspecified atom stereocenters. The third-order valence-electron chi connectivity index (χ3n) is 4.65. The number of aliphatic hydroxyl groups excluding tert-OH is 2. The molecule has 10 heteroatoms. The minimum absolute atomic E-state index is 0.00367. The predicted molar refractivity (Wildman–Crippen MR) is 109 cm³/mol. The molecule has 0 rings (SSSR count). The second-order valence-corrected chi connectivity index (χ2v) is 8.23. The second-order valence-electron chi connectivity index (χ2n) is 8.23. The van der Waals surface area contributed by atoms with Crippen molar-refractivity contribution < 1.29 is 39.4 Å². The summed E-state index contributed by atoms with van der Waals surface area (Å²) in [7, 11) is 0. The van der Waals surface area contributed by atoms with Crippen LogP contribution in [0.2, 0.25) is 0 Å². The van der Waals surface area contributed by atoms with Crippen LogP contribution in [-0.4, -0.2) is 59.0 Å². The van der Waals surface area contributed by atoms with Crippen LogP contribution in [0.25, 0.3) is 0 Å². The van der Waals surface area contributed by atoms with E-state index in [1.165, 1.54) is 13.8 Å². The first kappa shape index (κ1) is 28.0. The number of carboxylic acids is 1. The molecule has 0 aliphatic carbocycles. The van der Waals surface area contributed by atoms with Gasteiger partial charge in [-0.2, -0.15) is 11.0 Å². The summed E-state index contributed by atoms with van der Waals surface area (Å²) in [5.41, 5.74) is 5.21. The minimum atomic E-state index is -1.22. The molecule has 0 saturated heterocycles. The summed E-state index contributed by atoms with van der Waals surface area (Å²) in [6.45, 7) is 9.53. The summed E-state index contributed by atoms with van der Waals surface area (Å²) < 4.78 is 0. The summed E-state index contributed by atoms with van der Waals surface area (Å²) >= 11 is 0. The summed E-state index contributed by atoms with van der Waals surface area (Å²) in [5, 5.41) is 27.5. The Kier molecular flexibility index (Phi) is 13.1. The highest BCUT2D eigenvalue weighted by atomic mass is 16.7. The van der Waals surface area contributed by atoms with Gasteiger partial charge >= 0.3 is 17.9 Å². The van der Waals surface area contributed by atoms with Crippen molar-refractivity contribution in [1.29, 1.82) is 0 Å². The fourth-order valence-electron chi connectivity index (χ4n) is 2.78. The van der Waals surface area contributed by atoms with Gasteiger partial charge in [0.2, 0.25) is 0 Å². The zero-order valence-electron chi connectivity index (χ0n) is 18.5. The Morgan fingerprint density at radius 2 is 1.67 bits per heavy atom. The molecule has 5 N–H and O–H groups in total. The summed E-state index contributed by atoms with van der Waals surface area (Å²) in [4.78, 5) is 43.6. The van der Waals surface area contributed by atoms with Gasteiger partial charge in [-0.15, -0.1) is 0 Å². The molecule has 0 fully saturated rings. The van der Waals surface area contributed by atoms with Crippen molar-refractivity contribution in [3.05, 3.63) is 11.1 Å². The van der Waals surface area contributed by atoms with Gasteiger partial charge in [0, 0.05) is 18.7 Å². The van der Waals surface area contributed by atoms with E-state index in [0.29, 0.717) is 19.0 Å². The Morgan fingerprint density at radius 1 is 1.07 bits per heavy atom. The molecule has 0 amide bonds. The molecule has 0 saturated carbocycles. The molecule has 0 spiro atoms. The first-order chi connectivity index (χ1) is 13.9. The maximum Gasteiger partial charge on any atom is 0.331 e. The van der Waals surface area contributed by atoms with Gasteiger partial charge in [0.25, 0.3) is 0 Å². The zero-order chi connectivity index (χ0) is 23.3. The molecule has 0 bridgehead atoms. The van der Waals surface area contributed by atoms with Crippen LogP contribution in [-0.2, 0) is 24.1 Å². The first-order valence-corrected chi connectivity index (χ1v) is 9.94. The summed E-state index contributed by atoms with van der Waals surface area (Å²) in [6.07, 6.45) is -0.0440. The number of hydrogen-bond donors (Lipinski definition) is 5. The first-order valence-electron chi connectivity index (χ1n) is 9.94. The molecular weight excluding hydrogens is 396 g/mol. The van der Waals surface area contributed by atoms with Crippen LogP contribution in [0.15, 0.2) is 11.1 Å². The van der Waals surface area contributed by atoms with Crippen LogP contribution in [0.1, 0.15) is 60.3 Å². The SMILES string of the molecule is CC(C(=O)O)=C(C)C(O)CC(=O)ONCC(C)(C)CC(C)CCNOC(=O)CCO. The molecule has 174 valence electrons. The molecule has 0 aromatic rings. The van der Waals surface area contributed by atoms with Gasteiger partial charge in [0.15, 0.2) is 0 Å². The Hall–Kier alpha value is -2.01. The molecule has 0 heterocycles. The minimum Gasteiger partial charge on any atom is -0.478 e. The maximum atomic E-state index is 11.9. The van der Waals surface area contributed by atoms with Crippen molar-refractivity contribution in [1.82, 2.24) is 11.0 Å². The van der Waals surface area contributed by atoms with Crippen LogP contribution in [0, 0.1) is 11.3 Å². The molecule has 30 heavy (non-hydrogen) atoms. The lowest BCUT2D eigenvalue weighted by Crippen LogP contribution is -2.34. The van der Waals surface area contributed by atoms with E-state index in [9.17, 15) is 19.5 Å². The number of aliphatic carboxylic acids is 1. The number of carboxylic acid groups (broad SMARTS) is 1. The molecule has 0 aromatic heterocycles. The van der Waals surface area contributed by atoms with Gasteiger partial charge in [-0.05, 0) is 43.6 Å². The number of carbonyl (C=O) groups is 3. The van der Waals surface area contributed by atoms with Crippen LogP contribution >= 0.6 is 0 Å². The summed E-state index contributed by atoms with van der Waals surface area (Å²) in [5.74, 6) is -2.04. The molecular formula is C20H36N2O8. The van der Waals surface area contributed by atoms with E-state index in [1.54, 1.807) is 0 Å². The molecule has 2 atom stereocenters. The normalized spacial score (nSPS) is 14.5. The average Bonchev–Trinajstić information content (AvgIpc) is 2.63. The molecule has 0 aliphatic heterocycles. The van der Waals surface area contributed by atoms with Crippen LogP contribution in [0.4, 0.5) is 0 Å². The van der Waals surface area contributed by atoms with Crippen molar-refractivity contribution in [2.24, 2.45) is 11.3 Å². The number of aliphatic hydroxyl groups is 2. The fraction of sp³-hybridized carbons (Fsp3) is 0.750. The molecule has 10 nitrogen and oxygen atoms in total. The van der Waals surface area contributed by atoms with Crippen LogP contribution in [0.5, 0.6) is 0 Å². The third kappa shape index (κ3) is 12.5. The smallest absolute Gasteiger partial charge is 0.331 e. The van der Waals surface area contributed by atoms with Gasteiger partial charge in [-0.1, -0.05) is 20.8 Å². The number of hydroxylamine groups is 2. The van der Waals surface area contributed by atoms with E-state index in [-0.39, 0.29) is 36.0 Å². The standard InChI is InChI=1S/C20H36N2O8/c1-13(6-8-21-29-17(25)7-9-23)11-20(4,5)12-22-30-18(26)10-16(24)14(2)15(3)19(27)28/h13,16,21-24H,6-12H2,1-5H3,(H,27,28). The average molecular weight is 433 g/mol. The van der Waals surface area contributed by atoms with Crippen molar-refractivity contribution >= 4 is 17.9 Å². The fourth-order valence-corrected chi connectivity index (χ4v) is 2.78. The quantitative estimate of drug-likeness (QED) is 0.144. The number of rotatable bonds is 15. The summed E-state index contributed by atoms with van der Waals surface area (Å²) in [6, 6.07) is 0. The van der Waals surface area contributed by atoms with Crippen molar-refractivity contribution in [2.75, 3.05) is 19.7 Å². The van der Waals surface area contributed by atoms with Gasteiger partial charge in [-0.25, -0.2) is 4.79 Å². The second kappa shape index (κ2) is 14.1. The predicted octanol–water partition coefficient (Wildman–Crippen LogP) is 1.08. The maximum absolute atomic E-state index is 11.9. The Bertz CT molecular complexity index is 604. The van der Waals surface area contributed by atoms with E-state index in [0.717, 1.165) is 12.8 Å². The molecule has 0 aliphatic rings. The van der Waals surface area contributed by atoms with E-state index in [2.05, 4.69) is 17.9 Å². The van der Waals surface area contributed by atoms with E-state index in [1.807, 2.05) is 13.8 Å². The lowest BCUT2D eigenvalue weighted by atomic mass is 9.82. The number of nitrogens with one attached hydrogen (secondary N) is 2. The van der Waals surface area contributed by atoms with Crippen LogP contribution in [0.3, 0.4) is 0 Å².